The molecule has 13 heteroatoms. The summed E-state index contributed by atoms with van der Waals surface area (Å²) in [4.78, 5) is 24.0. The smallest absolute Gasteiger partial charge is 0.240 e. The third-order valence-corrected chi connectivity index (χ3v) is 9.92. The molecule has 0 radical (unpaired) electrons. The van der Waals surface area contributed by atoms with Crippen LogP contribution < -0.4 is 15.4 Å². The fourth-order valence-electron chi connectivity index (χ4n) is 5.78. The van der Waals surface area contributed by atoms with Crippen LogP contribution in [0.5, 0.6) is 0 Å². The number of nitrogens with zero attached hydrogens (tertiary/aromatic N) is 5. The molecule has 3 aromatic rings. The highest BCUT2D eigenvalue weighted by Gasteiger charge is 2.26. The lowest BCUT2D eigenvalue weighted by atomic mass is 9.93. The molecular weight excluding hydrogens is 568 g/mol. The highest BCUT2D eigenvalue weighted by atomic mass is 32.2. The quantitative estimate of drug-likeness (QED) is 0.226. The molecule has 12 nitrogen and oxygen atoms in total. The largest absolute Gasteiger partial charge is 0.393 e. The van der Waals surface area contributed by atoms with E-state index in [1.165, 1.54) is 0 Å². The fourth-order valence-corrected chi connectivity index (χ4v) is 6.82. The molecule has 0 spiro atoms. The number of likely N-dealkylation sites (tertiary alicyclic amines) is 1. The number of carbonyl (C=O) groups excluding carboxylic acids is 1. The van der Waals surface area contributed by atoms with Crippen LogP contribution in [0.25, 0.3) is 22.3 Å². The van der Waals surface area contributed by atoms with E-state index >= 15 is 0 Å². The maximum atomic E-state index is 13.0. The summed E-state index contributed by atoms with van der Waals surface area (Å²) < 4.78 is 30.4. The van der Waals surface area contributed by atoms with Gasteiger partial charge in [0.05, 0.1) is 22.4 Å². The number of hydrogen-bond acceptors (Lipinski definition) is 9. The number of aliphatic hydroxyl groups excluding tert-OH is 1. The molecule has 1 aromatic carbocycles. The first-order chi connectivity index (χ1) is 20.7. The second-order valence-corrected chi connectivity index (χ2v) is 13.6. The Morgan fingerprint density at radius 1 is 1.05 bits per heavy atom. The number of benzene rings is 1. The van der Waals surface area contributed by atoms with Gasteiger partial charge in [-0.2, -0.15) is 10.1 Å². The van der Waals surface area contributed by atoms with Crippen LogP contribution in [-0.2, 0) is 14.8 Å². The second-order valence-electron chi connectivity index (χ2n) is 11.8. The molecule has 0 bridgehead atoms. The summed E-state index contributed by atoms with van der Waals surface area (Å²) in [5, 5.41) is 22.1. The van der Waals surface area contributed by atoms with Crippen LogP contribution in [0.4, 0.5) is 5.95 Å². The maximum Gasteiger partial charge on any atom is 0.240 e. The number of fused-ring (bicyclic) bond motifs is 1. The zero-order valence-electron chi connectivity index (χ0n) is 25.1. The predicted octanol–water partition coefficient (Wildman–Crippen LogP) is 3.06. The Bertz CT molecular complexity index is 1480. The van der Waals surface area contributed by atoms with Crippen molar-refractivity contribution in [2.75, 3.05) is 38.5 Å². The van der Waals surface area contributed by atoms with Gasteiger partial charge in [0.1, 0.15) is 5.69 Å². The SMILES string of the molecule is CCCCNc1ncc2c(-c3ccc(S(=O)(=O)NCCC(=O)NC4CCN(C)CC4)cc3)nn([C@H]3CC[C@H](O)CC3)c2n1. The molecule has 0 atom stereocenters. The van der Waals surface area contributed by atoms with Crippen molar-refractivity contribution in [3.8, 4) is 11.3 Å². The van der Waals surface area contributed by atoms with Crippen molar-refractivity contribution in [3.63, 3.8) is 0 Å². The molecule has 1 aliphatic heterocycles. The molecule has 3 heterocycles. The number of rotatable bonds is 12. The zero-order valence-corrected chi connectivity index (χ0v) is 25.9. The highest BCUT2D eigenvalue weighted by molar-refractivity contribution is 7.89. The average Bonchev–Trinajstić information content (AvgIpc) is 3.38. The fraction of sp³-hybridized carbons (Fsp3) is 0.600. The summed E-state index contributed by atoms with van der Waals surface area (Å²) in [6.45, 7) is 4.83. The van der Waals surface area contributed by atoms with Crippen molar-refractivity contribution in [2.24, 2.45) is 0 Å². The van der Waals surface area contributed by atoms with Gasteiger partial charge in [-0.3, -0.25) is 4.79 Å². The van der Waals surface area contributed by atoms with E-state index in [9.17, 15) is 18.3 Å². The molecule has 1 saturated carbocycles. The topological polar surface area (TPSA) is 154 Å². The Morgan fingerprint density at radius 2 is 1.77 bits per heavy atom. The number of sulfonamides is 1. The molecule has 43 heavy (non-hydrogen) atoms. The van der Waals surface area contributed by atoms with E-state index in [4.69, 9.17) is 10.1 Å². The summed E-state index contributed by atoms with van der Waals surface area (Å²) in [6, 6.07) is 6.85. The lowest BCUT2D eigenvalue weighted by molar-refractivity contribution is -0.121. The van der Waals surface area contributed by atoms with Crippen molar-refractivity contribution in [1.82, 2.24) is 34.7 Å². The molecule has 4 N–H and O–H groups in total. The highest BCUT2D eigenvalue weighted by Crippen LogP contribution is 2.34. The summed E-state index contributed by atoms with van der Waals surface area (Å²) in [6.07, 6.45) is 8.51. The van der Waals surface area contributed by atoms with Crippen LogP contribution in [0.3, 0.4) is 0 Å². The van der Waals surface area contributed by atoms with E-state index in [2.05, 4.69) is 39.2 Å². The van der Waals surface area contributed by atoms with Crippen LogP contribution in [0.15, 0.2) is 35.4 Å². The second kappa shape index (κ2) is 14.1. The van der Waals surface area contributed by atoms with Gasteiger partial charge >= 0.3 is 0 Å². The number of anilines is 1. The van der Waals surface area contributed by atoms with Gasteiger partial charge in [-0.05, 0) is 77.2 Å². The molecule has 1 saturated heterocycles. The Labute approximate surface area is 253 Å². The van der Waals surface area contributed by atoms with Crippen LogP contribution in [0, 0.1) is 0 Å². The van der Waals surface area contributed by atoms with Gasteiger partial charge in [-0.15, -0.1) is 0 Å². The lowest BCUT2D eigenvalue weighted by Gasteiger charge is -2.29. The first-order valence-electron chi connectivity index (χ1n) is 15.5. The third-order valence-electron chi connectivity index (χ3n) is 8.44. The van der Waals surface area contributed by atoms with Gasteiger partial charge in [-0.1, -0.05) is 25.5 Å². The Kier molecular flexibility index (Phi) is 10.3. The molecule has 2 aromatic heterocycles. The van der Waals surface area contributed by atoms with Gasteiger partial charge in [0.2, 0.25) is 21.9 Å². The molecule has 234 valence electrons. The molecule has 2 aliphatic rings. The van der Waals surface area contributed by atoms with Crippen LogP contribution >= 0.6 is 0 Å². The number of nitrogens with one attached hydrogen (secondary N) is 3. The number of piperidine rings is 1. The van der Waals surface area contributed by atoms with Gasteiger partial charge in [-0.25, -0.2) is 22.8 Å². The van der Waals surface area contributed by atoms with E-state index in [0.29, 0.717) is 24.5 Å². The standard InChI is InChI=1S/C30H44N8O4S/c1-3-4-16-31-30-32-20-26-28(36-38(29(26)35-30)23-7-9-24(39)10-8-23)21-5-11-25(12-6-21)43(41,42)33-17-13-27(40)34-22-14-18-37(2)19-15-22/h5-6,11-12,20,22-24,33,39H,3-4,7-10,13-19H2,1-2H3,(H,34,40)(H,31,32,35)/t23-,24-. The number of aliphatic hydroxyl groups is 1. The number of aromatic nitrogens is 4. The van der Waals surface area contributed by atoms with Gasteiger partial charge in [0.15, 0.2) is 5.65 Å². The van der Waals surface area contributed by atoms with Crippen molar-refractivity contribution in [3.05, 3.63) is 30.5 Å². The Balaban J connectivity index is 1.28. The Hall–Kier alpha value is -3.13. The Morgan fingerprint density at radius 3 is 2.47 bits per heavy atom. The van der Waals surface area contributed by atoms with E-state index in [-0.39, 0.29) is 42.0 Å². The molecule has 0 unspecified atom stereocenters. The number of amides is 1. The minimum Gasteiger partial charge on any atom is -0.393 e. The molecular formula is C30H44N8O4S. The van der Waals surface area contributed by atoms with Crippen molar-refractivity contribution >= 4 is 32.9 Å². The van der Waals surface area contributed by atoms with Crippen molar-refractivity contribution < 1.29 is 18.3 Å². The van der Waals surface area contributed by atoms with E-state index < -0.39 is 10.0 Å². The summed E-state index contributed by atoms with van der Waals surface area (Å²) in [5.41, 5.74) is 2.16. The van der Waals surface area contributed by atoms with Gasteiger partial charge < -0.3 is 20.6 Å². The number of carbonyl (C=O) groups is 1. The molecule has 1 aliphatic carbocycles. The third kappa shape index (κ3) is 7.88. The van der Waals surface area contributed by atoms with Crippen LogP contribution in [0.1, 0.15) is 70.8 Å². The summed E-state index contributed by atoms with van der Waals surface area (Å²) in [7, 11) is -1.73. The normalized spacial score (nSPS) is 20.3. The minimum atomic E-state index is -3.79. The lowest BCUT2D eigenvalue weighted by Crippen LogP contribution is -2.44. The van der Waals surface area contributed by atoms with E-state index in [0.717, 1.165) is 74.8 Å². The van der Waals surface area contributed by atoms with Gasteiger partial charge in [0.25, 0.3) is 0 Å². The minimum absolute atomic E-state index is 0.0274. The van der Waals surface area contributed by atoms with Gasteiger partial charge in [0, 0.05) is 37.3 Å². The molecule has 2 fully saturated rings. The first kappa shape index (κ1) is 31.3. The molecule has 1 amide bonds. The number of unbranched alkanes of at least 4 members (excludes halogenated alkanes) is 1. The zero-order chi connectivity index (χ0) is 30.4. The average molecular weight is 613 g/mol. The van der Waals surface area contributed by atoms with Crippen molar-refractivity contribution in [1.29, 1.82) is 0 Å². The first-order valence-corrected chi connectivity index (χ1v) is 17.0. The summed E-state index contributed by atoms with van der Waals surface area (Å²) in [5.74, 6) is 0.408. The number of hydrogen-bond donors (Lipinski definition) is 4. The van der Waals surface area contributed by atoms with Crippen LogP contribution in [0.2, 0.25) is 0 Å². The maximum absolute atomic E-state index is 13.0. The summed E-state index contributed by atoms with van der Waals surface area (Å²) >= 11 is 0. The monoisotopic (exact) mass is 612 g/mol. The predicted molar refractivity (Wildman–Crippen MR) is 166 cm³/mol. The van der Waals surface area contributed by atoms with E-state index in [1.807, 2.05) is 4.68 Å². The van der Waals surface area contributed by atoms with Crippen molar-refractivity contribution in [2.45, 2.75) is 87.8 Å². The molecule has 5 rings (SSSR count). The van der Waals surface area contributed by atoms with E-state index in [1.54, 1.807) is 30.5 Å². The van der Waals surface area contributed by atoms with Crippen LogP contribution in [-0.4, -0.2) is 89.5 Å².